The molecule has 0 atom stereocenters. The van der Waals surface area contributed by atoms with Gasteiger partial charge >= 0.3 is 5.63 Å². The number of rotatable bonds is 6. The van der Waals surface area contributed by atoms with Crippen LogP contribution in [-0.4, -0.2) is 12.9 Å². The first-order valence-corrected chi connectivity index (χ1v) is 8.99. The van der Waals surface area contributed by atoms with Crippen molar-refractivity contribution in [1.29, 1.82) is 0 Å². The highest BCUT2D eigenvalue weighted by molar-refractivity contribution is 6.07. The van der Waals surface area contributed by atoms with Crippen LogP contribution < -0.4 is 15.1 Å². The summed E-state index contributed by atoms with van der Waals surface area (Å²) in [5, 5.41) is 2.89. The molecule has 0 amide bonds. The molecular formula is C23H18O5. The third kappa shape index (κ3) is 3.34. The van der Waals surface area contributed by atoms with E-state index in [1.54, 1.807) is 24.3 Å². The Balaban J connectivity index is 1.77. The maximum absolute atomic E-state index is 12.0. The number of carbonyl (C=O) groups is 1. The van der Waals surface area contributed by atoms with E-state index in [9.17, 15) is 9.59 Å². The van der Waals surface area contributed by atoms with Gasteiger partial charge in [-0.2, -0.15) is 0 Å². The lowest BCUT2D eigenvalue weighted by Crippen LogP contribution is -2.05. The van der Waals surface area contributed by atoms with E-state index in [4.69, 9.17) is 13.9 Å². The monoisotopic (exact) mass is 374 g/mol. The molecule has 0 saturated carbocycles. The number of ether oxygens (including phenoxy) is 2. The second kappa shape index (κ2) is 7.56. The Morgan fingerprint density at radius 2 is 1.82 bits per heavy atom. The van der Waals surface area contributed by atoms with Crippen molar-refractivity contribution in [3.05, 3.63) is 82.2 Å². The molecule has 28 heavy (non-hydrogen) atoms. The lowest BCUT2D eigenvalue weighted by molar-refractivity contribution is 0.112. The van der Waals surface area contributed by atoms with Gasteiger partial charge in [-0.3, -0.25) is 4.79 Å². The molecule has 0 saturated heterocycles. The van der Waals surface area contributed by atoms with E-state index >= 15 is 0 Å². The van der Waals surface area contributed by atoms with Crippen LogP contribution in [-0.2, 0) is 6.61 Å². The molecular weight excluding hydrogens is 356 g/mol. The van der Waals surface area contributed by atoms with Crippen molar-refractivity contribution >= 4 is 28.0 Å². The number of benzene rings is 3. The van der Waals surface area contributed by atoms with Crippen molar-refractivity contribution in [3.8, 4) is 11.5 Å². The largest absolute Gasteiger partial charge is 0.490 e. The molecule has 1 aromatic heterocycles. The first kappa shape index (κ1) is 17.8. The molecule has 0 aliphatic carbocycles. The van der Waals surface area contributed by atoms with Crippen LogP contribution in [0.4, 0.5) is 0 Å². The number of hydrogen-bond acceptors (Lipinski definition) is 5. The van der Waals surface area contributed by atoms with Gasteiger partial charge in [0.05, 0.1) is 6.61 Å². The zero-order valence-corrected chi connectivity index (χ0v) is 15.3. The molecule has 3 aromatic carbocycles. The minimum atomic E-state index is -0.428. The number of hydrogen-bond donors (Lipinski definition) is 0. The van der Waals surface area contributed by atoms with Crippen LogP contribution in [0.2, 0.25) is 0 Å². The molecule has 5 heteroatoms. The third-order valence-corrected chi connectivity index (χ3v) is 4.50. The van der Waals surface area contributed by atoms with Crippen molar-refractivity contribution < 1.29 is 18.7 Å². The summed E-state index contributed by atoms with van der Waals surface area (Å²) in [6.07, 6.45) is 0.758. The Morgan fingerprint density at radius 3 is 2.64 bits per heavy atom. The second-order valence-corrected chi connectivity index (χ2v) is 6.30. The number of carbonyl (C=O) groups excluding carboxylic acids is 1. The molecule has 140 valence electrons. The molecule has 4 rings (SSSR count). The van der Waals surface area contributed by atoms with E-state index < -0.39 is 5.63 Å². The minimum absolute atomic E-state index is 0.163. The van der Waals surface area contributed by atoms with Gasteiger partial charge in [0.1, 0.15) is 18.5 Å². The summed E-state index contributed by atoms with van der Waals surface area (Å²) in [5.74, 6) is 0.998. The molecule has 5 nitrogen and oxygen atoms in total. The zero-order chi connectivity index (χ0) is 19.5. The molecule has 0 unspecified atom stereocenters. The van der Waals surface area contributed by atoms with Crippen molar-refractivity contribution in [2.75, 3.05) is 6.61 Å². The summed E-state index contributed by atoms with van der Waals surface area (Å²) in [5.41, 5.74) is 1.33. The van der Waals surface area contributed by atoms with Gasteiger partial charge in [-0.1, -0.05) is 30.3 Å². The average Bonchev–Trinajstić information content (AvgIpc) is 2.72. The van der Waals surface area contributed by atoms with Crippen molar-refractivity contribution in [2.24, 2.45) is 0 Å². The second-order valence-electron chi connectivity index (χ2n) is 6.30. The Labute approximate surface area is 161 Å². The smallest absolute Gasteiger partial charge is 0.336 e. The van der Waals surface area contributed by atoms with Crippen molar-refractivity contribution in [1.82, 2.24) is 0 Å². The van der Waals surface area contributed by atoms with E-state index in [0.717, 1.165) is 28.0 Å². The zero-order valence-electron chi connectivity index (χ0n) is 15.3. The van der Waals surface area contributed by atoms with E-state index in [0.29, 0.717) is 29.3 Å². The Bertz CT molecular complexity index is 1220. The van der Waals surface area contributed by atoms with Gasteiger partial charge < -0.3 is 13.9 Å². The minimum Gasteiger partial charge on any atom is -0.490 e. The molecule has 4 aromatic rings. The molecule has 0 aliphatic heterocycles. The predicted molar refractivity (Wildman–Crippen MR) is 107 cm³/mol. The summed E-state index contributed by atoms with van der Waals surface area (Å²) in [6.45, 7) is 2.47. The first-order chi connectivity index (χ1) is 13.7. The Hall–Kier alpha value is -3.60. The van der Waals surface area contributed by atoms with Crippen LogP contribution in [0.5, 0.6) is 11.5 Å². The number of fused-ring (bicyclic) bond motifs is 3. The lowest BCUT2D eigenvalue weighted by Gasteiger charge is -2.14. The van der Waals surface area contributed by atoms with Crippen LogP contribution in [0.15, 0.2) is 69.9 Å². The first-order valence-electron chi connectivity index (χ1n) is 8.99. The summed E-state index contributed by atoms with van der Waals surface area (Å²) >= 11 is 0. The van der Waals surface area contributed by atoms with Crippen molar-refractivity contribution in [3.63, 3.8) is 0 Å². The summed E-state index contributed by atoms with van der Waals surface area (Å²) in [6, 6.07) is 18.1. The van der Waals surface area contributed by atoms with Crippen LogP contribution in [0, 0.1) is 0 Å². The Kier molecular flexibility index (Phi) is 4.81. The molecule has 0 radical (unpaired) electrons. The highest BCUT2D eigenvalue weighted by atomic mass is 16.5. The van der Waals surface area contributed by atoms with Crippen molar-refractivity contribution in [2.45, 2.75) is 13.5 Å². The van der Waals surface area contributed by atoms with Gasteiger partial charge in [0.15, 0.2) is 11.5 Å². The standard InChI is InChI=1S/C23H18O5/c1-2-26-21-11-15(13-24)7-9-19(21)27-14-17-12-22(25)28-20-10-8-16-5-3-4-6-18(16)23(17)20/h3-13H,2,14H2,1H3. The van der Waals surface area contributed by atoms with E-state index in [-0.39, 0.29) is 6.61 Å². The van der Waals surface area contributed by atoms with Gasteiger partial charge in [0.25, 0.3) is 0 Å². The molecule has 0 N–H and O–H groups in total. The van der Waals surface area contributed by atoms with Crippen LogP contribution in [0.1, 0.15) is 22.8 Å². The quantitative estimate of drug-likeness (QED) is 0.277. The summed E-state index contributed by atoms with van der Waals surface area (Å²) < 4.78 is 16.9. The molecule has 0 spiro atoms. The van der Waals surface area contributed by atoms with Gasteiger partial charge in [-0.05, 0) is 42.0 Å². The van der Waals surface area contributed by atoms with Crippen LogP contribution >= 0.6 is 0 Å². The maximum atomic E-state index is 12.0. The fourth-order valence-corrected chi connectivity index (χ4v) is 3.27. The topological polar surface area (TPSA) is 65.7 Å². The van der Waals surface area contributed by atoms with Gasteiger partial charge in [0.2, 0.25) is 0 Å². The highest BCUT2D eigenvalue weighted by Gasteiger charge is 2.12. The lowest BCUT2D eigenvalue weighted by atomic mass is 10.0. The van der Waals surface area contributed by atoms with Gasteiger partial charge in [-0.15, -0.1) is 0 Å². The summed E-state index contributed by atoms with van der Waals surface area (Å²) in [4.78, 5) is 23.0. The molecule has 0 aliphatic rings. The third-order valence-electron chi connectivity index (χ3n) is 4.50. The number of aldehydes is 1. The molecule has 0 fully saturated rings. The van der Waals surface area contributed by atoms with E-state index in [1.807, 2.05) is 37.3 Å². The fraction of sp³-hybridized carbons (Fsp3) is 0.130. The van der Waals surface area contributed by atoms with Crippen LogP contribution in [0.3, 0.4) is 0 Å². The SMILES string of the molecule is CCOc1cc(C=O)ccc1OCc1cc(=O)oc2ccc3ccccc3c12. The molecule has 1 heterocycles. The Morgan fingerprint density at radius 1 is 0.964 bits per heavy atom. The fourth-order valence-electron chi connectivity index (χ4n) is 3.27. The summed E-state index contributed by atoms with van der Waals surface area (Å²) in [7, 11) is 0. The van der Waals surface area contributed by atoms with E-state index in [1.165, 1.54) is 6.07 Å². The maximum Gasteiger partial charge on any atom is 0.336 e. The van der Waals surface area contributed by atoms with Gasteiger partial charge in [0, 0.05) is 22.6 Å². The normalized spacial score (nSPS) is 10.9. The average molecular weight is 374 g/mol. The van der Waals surface area contributed by atoms with Crippen LogP contribution in [0.25, 0.3) is 21.7 Å². The van der Waals surface area contributed by atoms with E-state index in [2.05, 4.69) is 0 Å². The highest BCUT2D eigenvalue weighted by Crippen LogP contribution is 2.31. The van der Waals surface area contributed by atoms with Gasteiger partial charge in [-0.25, -0.2) is 4.79 Å². The predicted octanol–water partition coefficient (Wildman–Crippen LogP) is 4.74. The molecule has 0 bridgehead atoms.